The first-order chi connectivity index (χ1) is 16.6. The monoisotopic (exact) mass is 494 g/mol. The van der Waals surface area contributed by atoms with Gasteiger partial charge >= 0.3 is 0 Å². The third-order valence-corrected chi connectivity index (χ3v) is 9.44. The Balaban J connectivity index is 0.000000419. The molecule has 2 aromatic rings. The Morgan fingerprint density at radius 3 is 2.71 bits per heavy atom. The van der Waals surface area contributed by atoms with Crippen LogP contribution in [0.1, 0.15) is 63.6 Å². The molecule has 2 bridgehead atoms. The van der Waals surface area contributed by atoms with Crippen LogP contribution in [0.2, 0.25) is 0 Å². The number of hydrogen-bond donors (Lipinski definition) is 3. The second-order valence-electron chi connectivity index (χ2n) is 11.7. The van der Waals surface area contributed by atoms with Crippen LogP contribution in [0.25, 0.3) is 10.9 Å². The number of para-hydroxylation sites is 1. The van der Waals surface area contributed by atoms with E-state index in [-0.39, 0.29) is 22.8 Å². The Labute approximate surface area is 211 Å². The summed E-state index contributed by atoms with van der Waals surface area (Å²) in [6.45, 7) is 6.29. The average molecular weight is 495 g/mol. The van der Waals surface area contributed by atoms with Crippen LogP contribution in [0.3, 0.4) is 0 Å². The van der Waals surface area contributed by atoms with Crippen LogP contribution in [-0.2, 0) is 20.7 Å². The molecule has 6 atom stereocenters. The normalized spacial score (nSPS) is 37.9. The van der Waals surface area contributed by atoms with E-state index >= 15 is 0 Å². The second-order valence-corrected chi connectivity index (χ2v) is 12.2. The third kappa shape index (κ3) is 3.24. The van der Waals surface area contributed by atoms with Crippen molar-refractivity contribution in [1.29, 1.82) is 0 Å². The third-order valence-electron chi connectivity index (χ3n) is 9.32. The van der Waals surface area contributed by atoms with Crippen LogP contribution < -0.4 is 5.73 Å². The van der Waals surface area contributed by atoms with Crippen molar-refractivity contribution in [3.63, 3.8) is 0 Å². The highest BCUT2D eigenvalue weighted by Gasteiger charge is 2.66. The van der Waals surface area contributed by atoms with Gasteiger partial charge in [0.2, 0.25) is 0 Å². The minimum absolute atomic E-state index is 0.0900. The average Bonchev–Trinajstić information content (AvgIpc) is 3.42. The van der Waals surface area contributed by atoms with Crippen molar-refractivity contribution in [2.75, 3.05) is 6.61 Å². The smallest absolute Gasteiger partial charge is 0.193 e. The summed E-state index contributed by atoms with van der Waals surface area (Å²) in [6, 6.07) is 8.74. The van der Waals surface area contributed by atoms with Crippen molar-refractivity contribution >= 4 is 33.9 Å². The number of fused-ring (bicyclic) bond motifs is 9. The lowest BCUT2D eigenvalue weighted by Gasteiger charge is -2.57. The largest absolute Gasteiger partial charge is 0.391 e. The van der Waals surface area contributed by atoms with Gasteiger partial charge in [0, 0.05) is 28.9 Å². The molecule has 6 unspecified atom stereocenters. The van der Waals surface area contributed by atoms with Crippen LogP contribution in [-0.4, -0.2) is 45.0 Å². The summed E-state index contributed by atoms with van der Waals surface area (Å²) in [5, 5.41) is 9.27. The first kappa shape index (κ1) is 23.3. The standard InChI is InChI=1S/C26H29NO3.C2H5NOS/c1-24(2)23-20(28)13-18-17-9-8-14-12-16-15-6-4-5-7-19(15)27-22(16)21(14)25(17,3)10-11-26(18,29-23)30-24;3-2(5)1-4/h4-7,13-14,17,21,23,27H,8-12H2,1-3H3;4H,1H2,(H2,3,5). The van der Waals surface area contributed by atoms with Crippen molar-refractivity contribution in [1.82, 2.24) is 4.98 Å². The van der Waals surface area contributed by atoms with E-state index in [1.54, 1.807) is 0 Å². The number of thiocarbonyl (C=S) groups is 1. The van der Waals surface area contributed by atoms with Crippen molar-refractivity contribution in [2.45, 2.75) is 76.3 Å². The molecule has 3 aliphatic carbocycles. The summed E-state index contributed by atoms with van der Waals surface area (Å²) >= 11 is 4.22. The summed E-state index contributed by atoms with van der Waals surface area (Å²) in [6.07, 6.45) is 6.88. The molecule has 7 rings (SSSR count). The van der Waals surface area contributed by atoms with Gasteiger partial charge in [0.25, 0.3) is 0 Å². The fourth-order valence-electron chi connectivity index (χ4n) is 7.98. The number of carbonyl (C=O) groups excluding carboxylic acids is 1. The Kier molecular flexibility index (Phi) is 5.15. The van der Waals surface area contributed by atoms with E-state index in [0.717, 1.165) is 24.8 Å². The van der Waals surface area contributed by atoms with Crippen LogP contribution in [0.5, 0.6) is 0 Å². The number of nitrogens with one attached hydrogen (secondary N) is 1. The molecule has 6 nitrogen and oxygen atoms in total. The maximum Gasteiger partial charge on any atom is 0.193 e. The van der Waals surface area contributed by atoms with E-state index in [0.29, 0.717) is 17.8 Å². The number of aromatic nitrogens is 1. The minimum atomic E-state index is -0.680. The Morgan fingerprint density at radius 2 is 1.97 bits per heavy atom. The summed E-state index contributed by atoms with van der Waals surface area (Å²) in [5.41, 5.74) is 9.72. The fraction of sp³-hybridized carbons (Fsp3) is 0.571. The number of aliphatic hydroxyl groups excluding tert-OH is 1. The number of aromatic amines is 1. The highest BCUT2D eigenvalue weighted by molar-refractivity contribution is 7.80. The maximum absolute atomic E-state index is 13.0. The number of ketones is 1. The molecule has 1 aromatic heterocycles. The summed E-state index contributed by atoms with van der Waals surface area (Å²) in [5.74, 6) is 0.955. The zero-order valence-corrected chi connectivity index (χ0v) is 21.4. The lowest BCUT2D eigenvalue weighted by molar-refractivity contribution is -0.199. The molecule has 1 spiro atoms. The number of carbonyl (C=O) groups is 1. The molecule has 35 heavy (non-hydrogen) atoms. The van der Waals surface area contributed by atoms with Crippen molar-refractivity contribution in [2.24, 2.45) is 23.0 Å². The van der Waals surface area contributed by atoms with E-state index in [4.69, 9.17) is 20.3 Å². The molecular formula is C28H34N2O4S. The number of aliphatic hydroxyl groups is 1. The lowest BCUT2D eigenvalue weighted by atomic mass is 9.50. The summed E-state index contributed by atoms with van der Waals surface area (Å²) in [7, 11) is 0. The van der Waals surface area contributed by atoms with Crippen molar-refractivity contribution in [3.8, 4) is 0 Å². The predicted molar refractivity (Wildman–Crippen MR) is 138 cm³/mol. The molecule has 3 fully saturated rings. The first-order valence-corrected chi connectivity index (χ1v) is 13.1. The number of benzene rings is 1. The van der Waals surface area contributed by atoms with E-state index < -0.39 is 17.5 Å². The first-order valence-electron chi connectivity index (χ1n) is 12.7. The lowest BCUT2D eigenvalue weighted by Crippen LogP contribution is -2.54. The number of nitrogens with two attached hydrogens (primary N) is 1. The van der Waals surface area contributed by atoms with Crippen LogP contribution >= 0.6 is 12.2 Å². The quantitative estimate of drug-likeness (QED) is 0.512. The topological polar surface area (TPSA) is 97.6 Å². The Morgan fingerprint density at radius 1 is 1.23 bits per heavy atom. The molecule has 5 aliphatic rings. The molecule has 0 radical (unpaired) electrons. The molecule has 3 heterocycles. The Hall–Kier alpha value is -2.06. The van der Waals surface area contributed by atoms with Gasteiger partial charge in [-0.15, -0.1) is 0 Å². The Bertz CT molecular complexity index is 1260. The van der Waals surface area contributed by atoms with E-state index in [9.17, 15) is 4.79 Å². The van der Waals surface area contributed by atoms with Gasteiger partial charge in [-0.2, -0.15) is 0 Å². The molecule has 0 amide bonds. The van der Waals surface area contributed by atoms with Crippen molar-refractivity contribution < 1.29 is 19.4 Å². The zero-order valence-electron chi connectivity index (χ0n) is 20.6. The molecular weight excluding hydrogens is 460 g/mol. The molecule has 186 valence electrons. The highest BCUT2D eigenvalue weighted by atomic mass is 32.1. The molecule has 2 saturated carbocycles. The van der Waals surface area contributed by atoms with E-state index in [2.05, 4.69) is 48.4 Å². The van der Waals surface area contributed by atoms with Gasteiger partial charge in [-0.1, -0.05) is 37.3 Å². The van der Waals surface area contributed by atoms with Crippen LogP contribution in [0.4, 0.5) is 0 Å². The van der Waals surface area contributed by atoms with Gasteiger partial charge in [0.1, 0.15) is 5.60 Å². The maximum atomic E-state index is 13.0. The van der Waals surface area contributed by atoms with Gasteiger partial charge in [-0.25, -0.2) is 0 Å². The van der Waals surface area contributed by atoms with Gasteiger partial charge in [-0.05, 0) is 80.1 Å². The number of H-pyrrole nitrogens is 1. The van der Waals surface area contributed by atoms with Gasteiger partial charge < -0.3 is 25.3 Å². The fourth-order valence-corrected chi connectivity index (χ4v) is 7.98. The second kappa shape index (κ2) is 7.72. The van der Waals surface area contributed by atoms with Crippen molar-refractivity contribution in [3.05, 3.63) is 47.2 Å². The summed E-state index contributed by atoms with van der Waals surface area (Å²) in [4.78, 5) is 16.9. The van der Waals surface area contributed by atoms with E-state index in [1.807, 2.05) is 19.9 Å². The number of ether oxygens (including phenoxy) is 2. The molecule has 4 N–H and O–H groups in total. The highest BCUT2D eigenvalue weighted by Crippen LogP contribution is 2.68. The molecule has 7 heteroatoms. The molecule has 2 aliphatic heterocycles. The van der Waals surface area contributed by atoms with Crippen LogP contribution in [0, 0.1) is 17.3 Å². The zero-order chi connectivity index (χ0) is 24.8. The number of rotatable bonds is 1. The number of hydrogen-bond acceptors (Lipinski definition) is 5. The van der Waals surface area contributed by atoms with E-state index in [1.165, 1.54) is 35.0 Å². The molecule has 1 saturated heterocycles. The van der Waals surface area contributed by atoms with Crippen LogP contribution in [0.15, 0.2) is 35.9 Å². The van der Waals surface area contributed by atoms with Gasteiger partial charge in [0.15, 0.2) is 17.7 Å². The minimum Gasteiger partial charge on any atom is -0.391 e. The van der Waals surface area contributed by atoms with Gasteiger partial charge in [0.05, 0.1) is 11.6 Å². The molecule has 1 aromatic carbocycles. The SMILES string of the molecule is CC1(C)OC23CCC4(C)C(CCC5Cc6c([nH]c7ccccc67)C54)C2=CC(=O)C1O3.NC(=S)CO. The van der Waals surface area contributed by atoms with Gasteiger partial charge in [-0.3, -0.25) is 4.79 Å². The summed E-state index contributed by atoms with van der Waals surface area (Å²) < 4.78 is 12.9. The predicted octanol–water partition coefficient (Wildman–Crippen LogP) is 4.30.